The lowest BCUT2D eigenvalue weighted by Gasteiger charge is -2.19. The van der Waals surface area contributed by atoms with E-state index in [-0.39, 0.29) is 12.3 Å². The van der Waals surface area contributed by atoms with Gasteiger partial charge in [0.05, 0.1) is 39.5 Å². The molecule has 0 aliphatic rings. The molecule has 0 bridgehead atoms. The zero-order chi connectivity index (χ0) is 16.5. The fourth-order valence-electron chi connectivity index (χ4n) is 1.94. The molecule has 0 saturated heterocycles. The molecular weight excluding hydrogens is 306 g/mol. The van der Waals surface area contributed by atoms with Crippen molar-refractivity contribution < 1.29 is 23.8 Å². The number of methoxy groups -OCH3 is 3. The van der Waals surface area contributed by atoms with Crippen molar-refractivity contribution in [3.8, 4) is 11.5 Å². The second-order valence-electron chi connectivity index (χ2n) is 4.45. The van der Waals surface area contributed by atoms with Crippen LogP contribution in [0.4, 0.5) is 0 Å². The molecule has 22 heavy (non-hydrogen) atoms. The third kappa shape index (κ3) is 5.14. The second-order valence-corrected chi connectivity index (χ2v) is 5.31. The van der Waals surface area contributed by atoms with Crippen molar-refractivity contribution in [2.75, 3.05) is 33.3 Å². The lowest BCUT2D eigenvalue weighted by molar-refractivity contribution is -0.141. The summed E-state index contributed by atoms with van der Waals surface area (Å²) in [6, 6.07) is 4.78. The molecular formula is C15H21NO5S. The van der Waals surface area contributed by atoms with Crippen LogP contribution >= 0.6 is 11.8 Å². The Bertz CT molecular complexity index is 521. The molecule has 0 fully saturated rings. The SMILES string of the molecule is COC(=O)CC(NC(=O)CSC)c1ccc(OC)c(OC)c1. The van der Waals surface area contributed by atoms with Gasteiger partial charge in [0.2, 0.25) is 5.91 Å². The van der Waals surface area contributed by atoms with Crippen LogP contribution in [0.1, 0.15) is 18.0 Å². The molecule has 0 radical (unpaired) electrons. The van der Waals surface area contributed by atoms with E-state index in [1.54, 1.807) is 25.3 Å². The van der Waals surface area contributed by atoms with Gasteiger partial charge in [-0.25, -0.2) is 0 Å². The van der Waals surface area contributed by atoms with Crippen LogP contribution in [0.5, 0.6) is 11.5 Å². The van der Waals surface area contributed by atoms with Gasteiger partial charge in [0.25, 0.3) is 0 Å². The van der Waals surface area contributed by atoms with E-state index in [0.717, 1.165) is 5.56 Å². The van der Waals surface area contributed by atoms with E-state index in [1.165, 1.54) is 26.0 Å². The highest BCUT2D eigenvalue weighted by Crippen LogP contribution is 2.31. The summed E-state index contributed by atoms with van der Waals surface area (Å²) in [5, 5.41) is 2.83. The van der Waals surface area contributed by atoms with Crippen LogP contribution in [0.25, 0.3) is 0 Å². The molecule has 6 nitrogen and oxygen atoms in total. The average molecular weight is 327 g/mol. The molecule has 0 heterocycles. The van der Waals surface area contributed by atoms with Gasteiger partial charge in [-0.2, -0.15) is 11.8 Å². The molecule has 0 aliphatic heterocycles. The molecule has 1 rings (SSSR count). The predicted molar refractivity (Wildman–Crippen MR) is 85.4 cm³/mol. The summed E-state index contributed by atoms with van der Waals surface area (Å²) < 4.78 is 15.1. The van der Waals surface area contributed by atoms with Gasteiger partial charge in [0.15, 0.2) is 11.5 Å². The number of amides is 1. The first-order valence-electron chi connectivity index (χ1n) is 6.62. The topological polar surface area (TPSA) is 73.9 Å². The van der Waals surface area contributed by atoms with Crippen LogP contribution in [-0.4, -0.2) is 45.2 Å². The summed E-state index contributed by atoms with van der Waals surface area (Å²) in [6.45, 7) is 0. The highest BCUT2D eigenvalue weighted by atomic mass is 32.2. The van der Waals surface area contributed by atoms with Gasteiger partial charge in [-0.15, -0.1) is 0 Å². The quantitative estimate of drug-likeness (QED) is 0.734. The third-order valence-electron chi connectivity index (χ3n) is 3.02. The van der Waals surface area contributed by atoms with Gasteiger partial charge in [0, 0.05) is 0 Å². The molecule has 122 valence electrons. The van der Waals surface area contributed by atoms with Gasteiger partial charge in [0.1, 0.15) is 0 Å². The fraction of sp³-hybridized carbons (Fsp3) is 0.467. The Morgan fingerprint density at radius 1 is 1.18 bits per heavy atom. The lowest BCUT2D eigenvalue weighted by atomic mass is 10.0. The van der Waals surface area contributed by atoms with E-state index in [0.29, 0.717) is 17.3 Å². The van der Waals surface area contributed by atoms with E-state index in [1.807, 2.05) is 6.26 Å². The maximum Gasteiger partial charge on any atom is 0.307 e. The monoisotopic (exact) mass is 327 g/mol. The normalized spacial score (nSPS) is 11.5. The van der Waals surface area contributed by atoms with E-state index in [9.17, 15) is 9.59 Å². The highest BCUT2D eigenvalue weighted by Gasteiger charge is 2.20. The summed E-state index contributed by atoms with van der Waals surface area (Å²) in [6.07, 6.45) is 1.89. The highest BCUT2D eigenvalue weighted by molar-refractivity contribution is 7.99. The Labute approximate surface area is 134 Å². The summed E-state index contributed by atoms with van der Waals surface area (Å²) in [4.78, 5) is 23.4. The van der Waals surface area contributed by atoms with Crippen LogP contribution in [0.3, 0.4) is 0 Å². The van der Waals surface area contributed by atoms with Crippen molar-refractivity contribution >= 4 is 23.6 Å². The number of esters is 1. The summed E-state index contributed by atoms with van der Waals surface area (Å²) in [5.41, 5.74) is 0.748. The van der Waals surface area contributed by atoms with Gasteiger partial charge in [-0.05, 0) is 24.0 Å². The first kappa shape index (κ1) is 18.2. The van der Waals surface area contributed by atoms with E-state index in [4.69, 9.17) is 14.2 Å². The molecule has 1 atom stereocenters. The minimum atomic E-state index is -0.480. The first-order valence-corrected chi connectivity index (χ1v) is 8.02. The zero-order valence-electron chi connectivity index (χ0n) is 13.2. The number of carbonyl (C=O) groups is 2. The number of hydrogen-bond acceptors (Lipinski definition) is 6. The van der Waals surface area contributed by atoms with Gasteiger partial charge < -0.3 is 19.5 Å². The van der Waals surface area contributed by atoms with Crippen LogP contribution in [0, 0.1) is 0 Å². The Morgan fingerprint density at radius 2 is 1.86 bits per heavy atom. The van der Waals surface area contributed by atoms with Crippen LogP contribution < -0.4 is 14.8 Å². The van der Waals surface area contributed by atoms with Gasteiger partial charge in [-0.3, -0.25) is 9.59 Å². The Balaban J connectivity index is 3.03. The maximum absolute atomic E-state index is 11.8. The van der Waals surface area contributed by atoms with Crippen LogP contribution in [-0.2, 0) is 14.3 Å². The summed E-state index contributed by atoms with van der Waals surface area (Å²) in [7, 11) is 4.39. The van der Waals surface area contributed by atoms with Crippen molar-refractivity contribution in [2.24, 2.45) is 0 Å². The van der Waals surface area contributed by atoms with E-state index >= 15 is 0 Å². The Hall–Kier alpha value is -1.89. The molecule has 1 aromatic carbocycles. The number of carbonyl (C=O) groups excluding carboxylic acids is 2. The van der Waals surface area contributed by atoms with Gasteiger partial charge >= 0.3 is 5.97 Å². The van der Waals surface area contributed by atoms with Crippen molar-refractivity contribution in [3.63, 3.8) is 0 Å². The van der Waals surface area contributed by atoms with Crippen molar-refractivity contribution in [1.82, 2.24) is 5.32 Å². The van der Waals surface area contributed by atoms with Crippen molar-refractivity contribution in [2.45, 2.75) is 12.5 Å². The third-order valence-corrected chi connectivity index (χ3v) is 3.57. The van der Waals surface area contributed by atoms with E-state index in [2.05, 4.69) is 5.32 Å². The van der Waals surface area contributed by atoms with Crippen LogP contribution in [0.15, 0.2) is 18.2 Å². The number of ether oxygens (including phenoxy) is 3. The molecule has 1 unspecified atom stereocenters. The number of benzene rings is 1. The summed E-state index contributed by atoms with van der Waals surface area (Å²) in [5.74, 6) is 0.901. The first-order chi connectivity index (χ1) is 10.5. The Morgan fingerprint density at radius 3 is 2.41 bits per heavy atom. The molecule has 0 aliphatic carbocycles. The number of thioether (sulfide) groups is 1. The largest absolute Gasteiger partial charge is 0.493 e. The van der Waals surface area contributed by atoms with Gasteiger partial charge in [-0.1, -0.05) is 6.07 Å². The maximum atomic E-state index is 11.8. The second kappa shape index (κ2) is 9.19. The minimum Gasteiger partial charge on any atom is -0.493 e. The van der Waals surface area contributed by atoms with E-state index < -0.39 is 12.0 Å². The zero-order valence-corrected chi connectivity index (χ0v) is 14.0. The molecule has 0 saturated carbocycles. The molecule has 0 aromatic heterocycles. The number of hydrogen-bond donors (Lipinski definition) is 1. The fourth-order valence-corrected chi connectivity index (χ4v) is 2.28. The number of nitrogens with one attached hydrogen (secondary N) is 1. The lowest BCUT2D eigenvalue weighted by Crippen LogP contribution is -2.31. The average Bonchev–Trinajstić information content (AvgIpc) is 2.53. The molecule has 0 spiro atoms. The number of rotatable bonds is 8. The molecule has 1 aromatic rings. The molecule has 1 N–H and O–H groups in total. The smallest absolute Gasteiger partial charge is 0.307 e. The minimum absolute atomic E-state index is 0.0477. The summed E-state index contributed by atoms with van der Waals surface area (Å²) >= 11 is 1.41. The molecule has 7 heteroatoms. The van der Waals surface area contributed by atoms with Crippen molar-refractivity contribution in [3.05, 3.63) is 23.8 Å². The van der Waals surface area contributed by atoms with Crippen LogP contribution in [0.2, 0.25) is 0 Å². The standard InChI is InChI=1S/C15H21NO5S/c1-19-12-6-5-10(7-13(12)20-2)11(8-15(18)21-3)16-14(17)9-22-4/h5-7,11H,8-9H2,1-4H3,(H,16,17). The van der Waals surface area contributed by atoms with Crippen molar-refractivity contribution in [1.29, 1.82) is 0 Å². The Kier molecular flexibility index (Phi) is 7.59. The molecule has 1 amide bonds. The predicted octanol–water partition coefficient (Wildman–Crippen LogP) is 1.79.